The second-order valence-electron chi connectivity index (χ2n) is 12.1. The van der Waals surface area contributed by atoms with E-state index in [-0.39, 0.29) is 18.9 Å². The fraction of sp³-hybridized carbons (Fsp3) is 0.645. The first-order chi connectivity index (χ1) is 19.6. The monoisotopic (exact) mass is 590 g/mol. The lowest BCUT2D eigenvalue weighted by Gasteiger charge is -2.23. The largest absolute Gasteiger partial charge is 0.481 e. The molecule has 0 spiro atoms. The van der Waals surface area contributed by atoms with Crippen molar-refractivity contribution in [2.45, 2.75) is 110 Å². The summed E-state index contributed by atoms with van der Waals surface area (Å²) in [5.41, 5.74) is 7.11. The average molecular weight is 591 g/mol. The molecule has 6 N–H and O–H groups in total. The number of hydrogen-bond acceptors (Lipinski definition) is 7. The molecule has 11 heteroatoms. The normalized spacial score (nSPS) is 13.5. The van der Waals surface area contributed by atoms with E-state index in [1.54, 1.807) is 27.7 Å². The third-order valence-electron chi connectivity index (χ3n) is 6.38. The number of carbonyl (C=O) groups is 5. The number of hydrogen-bond donors (Lipinski definition) is 5. The van der Waals surface area contributed by atoms with Crippen LogP contribution < -0.4 is 21.7 Å². The first kappa shape index (κ1) is 36.6. The molecule has 0 radical (unpaired) electrons. The lowest BCUT2D eigenvalue weighted by atomic mass is 9.96. The van der Waals surface area contributed by atoms with Gasteiger partial charge in [-0.05, 0) is 64.0 Å². The molecule has 3 amide bonds. The van der Waals surface area contributed by atoms with Crippen molar-refractivity contribution in [1.82, 2.24) is 16.0 Å². The maximum Gasteiger partial charge on any atom is 0.323 e. The molecule has 11 nitrogen and oxygen atoms in total. The standard InChI is InChI=1S/C31H50N4O7/c1-20(2)17-22-12-14-23(15-13-22)21(3)28(39)34-19-25(29(40)33-16-10-8-7-9-11-27(37)38)35-26(36)18-24(32)30(41)42-31(4,5)6/h12-15,20-21,24-25H,7-11,16-19,32H2,1-6H3,(H,33,40)(H,34,39)(H,35,36)(H,37,38)/t21-,24+,25+/m0/s1. The Labute approximate surface area is 249 Å². The Morgan fingerprint density at radius 1 is 0.905 bits per heavy atom. The third-order valence-corrected chi connectivity index (χ3v) is 6.38. The zero-order valence-electron chi connectivity index (χ0n) is 26.0. The van der Waals surface area contributed by atoms with Crippen LogP contribution in [0.3, 0.4) is 0 Å². The Morgan fingerprint density at radius 3 is 2.10 bits per heavy atom. The summed E-state index contributed by atoms with van der Waals surface area (Å²) >= 11 is 0. The van der Waals surface area contributed by atoms with Crippen LogP contribution in [0.4, 0.5) is 0 Å². The number of nitrogens with two attached hydrogens (primary N) is 1. The molecule has 0 aromatic heterocycles. The molecule has 0 unspecified atom stereocenters. The number of unbranched alkanes of at least 4 members (excludes halogenated alkanes) is 3. The molecule has 0 aliphatic carbocycles. The Hall–Kier alpha value is -3.47. The first-order valence-corrected chi connectivity index (χ1v) is 14.7. The lowest BCUT2D eigenvalue weighted by molar-refractivity contribution is -0.157. The van der Waals surface area contributed by atoms with Gasteiger partial charge in [0.1, 0.15) is 17.7 Å². The van der Waals surface area contributed by atoms with E-state index in [1.807, 2.05) is 24.3 Å². The van der Waals surface area contributed by atoms with E-state index < -0.39 is 53.8 Å². The van der Waals surface area contributed by atoms with Gasteiger partial charge in [0.25, 0.3) is 0 Å². The summed E-state index contributed by atoms with van der Waals surface area (Å²) in [6, 6.07) is 5.54. The van der Waals surface area contributed by atoms with E-state index in [4.69, 9.17) is 15.6 Å². The van der Waals surface area contributed by atoms with Gasteiger partial charge in [-0.25, -0.2) is 0 Å². The Bertz CT molecular complexity index is 1030. The van der Waals surface area contributed by atoms with Gasteiger partial charge in [-0.1, -0.05) is 51.0 Å². The van der Waals surface area contributed by atoms with Crippen LogP contribution >= 0.6 is 0 Å². The smallest absolute Gasteiger partial charge is 0.323 e. The number of aliphatic carboxylic acids is 1. The van der Waals surface area contributed by atoms with Gasteiger partial charge in [0, 0.05) is 19.5 Å². The fourth-order valence-corrected chi connectivity index (χ4v) is 4.13. The van der Waals surface area contributed by atoms with E-state index in [9.17, 15) is 24.0 Å². The lowest BCUT2D eigenvalue weighted by Crippen LogP contribution is -2.54. The number of nitrogens with one attached hydrogen (secondary N) is 3. The second kappa shape index (κ2) is 18.1. The van der Waals surface area contributed by atoms with Crippen molar-refractivity contribution in [3.63, 3.8) is 0 Å². The average Bonchev–Trinajstić information content (AvgIpc) is 2.88. The minimum absolute atomic E-state index is 0.103. The predicted octanol–water partition coefficient (Wildman–Crippen LogP) is 2.80. The number of amides is 3. The summed E-state index contributed by atoms with van der Waals surface area (Å²) in [4.78, 5) is 61.5. The predicted molar refractivity (Wildman–Crippen MR) is 161 cm³/mol. The molecule has 0 aliphatic rings. The highest BCUT2D eigenvalue weighted by atomic mass is 16.6. The molecule has 1 rings (SSSR count). The maximum absolute atomic E-state index is 13.0. The molecule has 0 saturated carbocycles. The quantitative estimate of drug-likeness (QED) is 0.128. The molecular formula is C31H50N4O7. The fourth-order valence-electron chi connectivity index (χ4n) is 4.13. The molecule has 0 aliphatic heterocycles. The maximum atomic E-state index is 13.0. The van der Waals surface area contributed by atoms with Crippen LogP contribution in [0, 0.1) is 5.92 Å². The number of benzene rings is 1. The van der Waals surface area contributed by atoms with Gasteiger partial charge in [0.15, 0.2) is 0 Å². The molecule has 1 aromatic rings. The summed E-state index contributed by atoms with van der Waals surface area (Å²) in [6.07, 6.45) is 3.30. The van der Waals surface area contributed by atoms with Crippen molar-refractivity contribution in [3.8, 4) is 0 Å². The minimum Gasteiger partial charge on any atom is -0.481 e. The number of carbonyl (C=O) groups excluding carboxylic acids is 4. The number of rotatable bonds is 18. The van der Waals surface area contributed by atoms with Gasteiger partial charge < -0.3 is 31.5 Å². The molecule has 0 saturated heterocycles. The molecule has 1 aromatic carbocycles. The van der Waals surface area contributed by atoms with Crippen LogP contribution in [0.25, 0.3) is 0 Å². The third kappa shape index (κ3) is 15.5. The number of ether oxygens (including phenoxy) is 1. The van der Waals surface area contributed by atoms with Crippen LogP contribution in [0.2, 0.25) is 0 Å². The van der Waals surface area contributed by atoms with Crippen molar-refractivity contribution >= 4 is 29.7 Å². The van der Waals surface area contributed by atoms with E-state index in [0.29, 0.717) is 25.3 Å². The van der Waals surface area contributed by atoms with Crippen LogP contribution in [0.1, 0.15) is 97.1 Å². The highest BCUT2D eigenvalue weighted by molar-refractivity contribution is 5.91. The molecular weight excluding hydrogens is 540 g/mol. The minimum atomic E-state index is -1.22. The molecule has 3 atom stereocenters. The van der Waals surface area contributed by atoms with Crippen molar-refractivity contribution in [2.24, 2.45) is 11.7 Å². The summed E-state index contributed by atoms with van der Waals surface area (Å²) in [7, 11) is 0. The molecule has 236 valence electrons. The van der Waals surface area contributed by atoms with Gasteiger partial charge in [-0.2, -0.15) is 0 Å². The van der Waals surface area contributed by atoms with Gasteiger partial charge >= 0.3 is 11.9 Å². The Kier molecular flexibility index (Phi) is 15.8. The van der Waals surface area contributed by atoms with E-state index in [1.165, 1.54) is 5.56 Å². The summed E-state index contributed by atoms with van der Waals surface area (Å²) in [6.45, 7) is 11.3. The van der Waals surface area contributed by atoms with Gasteiger partial charge in [-0.15, -0.1) is 0 Å². The Balaban J connectivity index is 2.79. The highest BCUT2D eigenvalue weighted by Crippen LogP contribution is 2.18. The van der Waals surface area contributed by atoms with E-state index in [2.05, 4.69) is 29.8 Å². The van der Waals surface area contributed by atoms with Gasteiger partial charge in [0.2, 0.25) is 17.7 Å². The highest BCUT2D eigenvalue weighted by Gasteiger charge is 2.27. The van der Waals surface area contributed by atoms with Crippen LogP contribution in [0.5, 0.6) is 0 Å². The molecule has 0 heterocycles. The molecule has 42 heavy (non-hydrogen) atoms. The van der Waals surface area contributed by atoms with Crippen molar-refractivity contribution < 1.29 is 33.8 Å². The van der Waals surface area contributed by atoms with E-state index >= 15 is 0 Å². The second-order valence-corrected chi connectivity index (χ2v) is 12.1. The molecule has 0 fully saturated rings. The summed E-state index contributed by atoms with van der Waals surface area (Å²) in [5.74, 6) is -2.97. The number of carboxylic acids is 1. The summed E-state index contributed by atoms with van der Waals surface area (Å²) < 4.78 is 5.22. The molecule has 0 bridgehead atoms. The van der Waals surface area contributed by atoms with Crippen LogP contribution in [0.15, 0.2) is 24.3 Å². The number of carboxylic acid groups (broad SMARTS) is 1. The van der Waals surface area contributed by atoms with Crippen LogP contribution in [-0.4, -0.2) is 65.5 Å². The SMILES string of the molecule is CC(C)Cc1ccc([C@H](C)C(=O)NC[C@@H](NC(=O)C[C@@H](N)C(=O)OC(C)(C)C)C(=O)NCCCCCCC(=O)O)cc1. The van der Waals surface area contributed by atoms with E-state index in [0.717, 1.165) is 24.8 Å². The van der Waals surface area contributed by atoms with Crippen molar-refractivity contribution in [2.75, 3.05) is 13.1 Å². The van der Waals surface area contributed by atoms with Gasteiger partial charge in [-0.3, -0.25) is 24.0 Å². The zero-order chi connectivity index (χ0) is 31.9. The Morgan fingerprint density at radius 2 is 1.52 bits per heavy atom. The van der Waals surface area contributed by atoms with Gasteiger partial charge in [0.05, 0.1) is 12.3 Å². The van der Waals surface area contributed by atoms with Crippen LogP contribution in [-0.2, 0) is 35.1 Å². The van der Waals surface area contributed by atoms with Crippen molar-refractivity contribution in [1.29, 1.82) is 0 Å². The first-order valence-electron chi connectivity index (χ1n) is 14.7. The topological polar surface area (TPSA) is 177 Å². The zero-order valence-corrected chi connectivity index (χ0v) is 26.0. The van der Waals surface area contributed by atoms with Crippen molar-refractivity contribution in [3.05, 3.63) is 35.4 Å². The summed E-state index contributed by atoms with van der Waals surface area (Å²) in [5, 5.41) is 16.8. The number of esters is 1.